The van der Waals surface area contributed by atoms with Gasteiger partial charge in [0.05, 0.1) is 11.4 Å². The highest BCUT2D eigenvalue weighted by molar-refractivity contribution is 6.02. The van der Waals surface area contributed by atoms with Crippen molar-refractivity contribution in [3.05, 3.63) is 24.3 Å². The molecule has 0 unspecified atom stereocenters. The maximum atomic E-state index is 12.8. The van der Waals surface area contributed by atoms with E-state index >= 15 is 0 Å². The lowest BCUT2D eigenvalue weighted by Crippen LogP contribution is -2.52. The van der Waals surface area contributed by atoms with Crippen LogP contribution in [-0.4, -0.2) is 35.7 Å². The van der Waals surface area contributed by atoms with Crippen molar-refractivity contribution in [2.75, 3.05) is 22.9 Å². The maximum Gasteiger partial charge on any atom is 0.259 e. The van der Waals surface area contributed by atoms with Gasteiger partial charge in [-0.25, -0.2) is 0 Å². The molecular formula is C17H22N2O2. The van der Waals surface area contributed by atoms with Crippen LogP contribution in [-0.2, 0) is 4.79 Å². The largest absolute Gasteiger partial charge is 0.380 e. The van der Waals surface area contributed by atoms with Gasteiger partial charge in [-0.05, 0) is 50.7 Å². The van der Waals surface area contributed by atoms with E-state index in [1.54, 1.807) is 0 Å². The predicted octanol–water partition coefficient (Wildman–Crippen LogP) is 2.31. The second kappa shape index (κ2) is 4.73. The highest BCUT2D eigenvalue weighted by Gasteiger charge is 2.44. The number of carbonyl (C=O) groups is 1. The summed E-state index contributed by atoms with van der Waals surface area (Å²) in [5.41, 5.74) is 0.997. The number of anilines is 2. The standard InChI is InChI=1S/C17H22N2O2/c20-16(17(21)9-3-4-10-17)19-12-11-18(13-7-8-13)14-5-1-2-6-15(14)19/h1-2,5-6,13,21H,3-4,7-12H2. The Bertz CT molecular complexity index is 562. The molecule has 4 heteroatoms. The summed E-state index contributed by atoms with van der Waals surface area (Å²) in [4.78, 5) is 17.1. The van der Waals surface area contributed by atoms with E-state index in [2.05, 4.69) is 11.0 Å². The molecule has 0 radical (unpaired) electrons. The molecule has 1 amide bonds. The fourth-order valence-electron chi connectivity index (χ4n) is 3.79. The van der Waals surface area contributed by atoms with E-state index in [4.69, 9.17) is 0 Å². The number of nitrogens with zero attached hydrogens (tertiary/aromatic N) is 2. The van der Waals surface area contributed by atoms with Gasteiger partial charge in [0.25, 0.3) is 5.91 Å². The first-order valence-corrected chi connectivity index (χ1v) is 8.09. The van der Waals surface area contributed by atoms with Crippen LogP contribution < -0.4 is 9.80 Å². The number of hydrogen-bond donors (Lipinski definition) is 1. The summed E-state index contributed by atoms with van der Waals surface area (Å²) < 4.78 is 0. The molecule has 112 valence electrons. The highest BCUT2D eigenvalue weighted by Crippen LogP contribution is 2.41. The van der Waals surface area contributed by atoms with Crippen LogP contribution >= 0.6 is 0 Å². The van der Waals surface area contributed by atoms with E-state index in [9.17, 15) is 9.90 Å². The molecule has 0 spiro atoms. The fraction of sp³-hybridized carbons (Fsp3) is 0.588. The molecule has 0 saturated heterocycles. The lowest BCUT2D eigenvalue weighted by Gasteiger charge is -2.40. The number of hydrogen-bond acceptors (Lipinski definition) is 3. The molecule has 1 aromatic carbocycles. The minimum Gasteiger partial charge on any atom is -0.380 e. The van der Waals surface area contributed by atoms with E-state index < -0.39 is 5.60 Å². The summed E-state index contributed by atoms with van der Waals surface area (Å²) in [5, 5.41) is 10.6. The van der Waals surface area contributed by atoms with Crippen molar-refractivity contribution in [1.82, 2.24) is 0 Å². The van der Waals surface area contributed by atoms with Crippen LogP contribution in [0.15, 0.2) is 24.3 Å². The van der Waals surface area contributed by atoms with Gasteiger partial charge in [0.15, 0.2) is 0 Å². The summed E-state index contributed by atoms with van der Waals surface area (Å²) in [6.45, 7) is 1.57. The summed E-state index contributed by atoms with van der Waals surface area (Å²) in [5.74, 6) is -0.0945. The zero-order valence-corrected chi connectivity index (χ0v) is 12.3. The van der Waals surface area contributed by atoms with Gasteiger partial charge < -0.3 is 14.9 Å². The van der Waals surface area contributed by atoms with Gasteiger partial charge in [-0.15, -0.1) is 0 Å². The molecule has 3 aliphatic rings. The molecule has 4 nitrogen and oxygen atoms in total. The van der Waals surface area contributed by atoms with Gasteiger partial charge in [-0.2, -0.15) is 0 Å². The topological polar surface area (TPSA) is 43.8 Å². The summed E-state index contributed by atoms with van der Waals surface area (Å²) in [6, 6.07) is 8.78. The Kier molecular flexibility index (Phi) is 2.96. The van der Waals surface area contributed by atoms with E-state index in [-0.39, 0.29) is 5.91 Å². The number of para-hydroxylation sites is 2. The molecule has 0 bridgehead atoms. The van der Waals surface area contributed by atoms with Crippen LogP contribution in [0.3, 0.4) is 0 Å². The smallest absolute Gasteiger partial charge is 0.259 e. The monoisotopic (exact) mass is 286 g/mol. The van der Waals surface area contributed by atoms with Gasteiger partial charge in [-0.1, -0.05) is 12.1 Å². The van der Waals surface area contributed by atoms with Gasteiger partial charge in [0.2, 0.25) is 0 Å². The molecule has 1 N–H and O–H groups in total. The quantitative estimate of drug-likeness (QED) is 0.907. The first kappa shape index (κ1) is 13.1. The van der Waals surface area contributed by atoms with E-state index in [1.807, 2.05) is 23.1 Å². The van der Waals surface area contributed by atoms with Crippen LogP contribution in [0.4, 0.5) is 11.4 Å². The van der Waals surface area contributed by atoms with Crippen molar-refractivity contribution in [3.8, 4) is 0 Å². The van der Waals surface area contributed by atoms with Crippen molar-refractivity contribution in [3.63, 3.8) is 0 Å². The van der Waals surface area contributed by atoms with Crippen LogP contribution in [0.1, 0.15) is 38.5 Å². The van der Waals surface area contributed by atoms with Gasteiger partial charge in [-0.3, -0.25) is 4.79 Å². The number of rotatable bonds is 2. The normalized spacial score (nSPS) is 24.0. The Morgan fingerprint density at radius 3 is 2.43 bits per heavy atom. The SMILES string of the molecule is O=C(N1CCN(C2CC2)c2ccccc21)C1(O)CCCC1. The molecule has 0 aromatic heterocycles. The molecule has 1 heterocycles. The third kappa shape index (κ3) is 2.13. The molecular weight excluding hydrogens is 264 g/mol. The lowest BCUT2D eigenvalue weighted by atomic mass is 9.99. The number of benzene rings is 1. The van der Waals surface area contributed by atoms with Gasteiger partial charge in [0.1, 0.15) is 5.60 Å². The number of amides is 1. The highest BCUT2D eigenvalue weighted by atomic mass is 16.3. The number of fused-ring (bicyclic) bond motifs is 1. The molecule has 2 aliphatic carbocycles. The Morgan fingerprint density at radius 2 is 1.76 bits per heavy atom. The summed E-state index contributed by atoms with van der Waals surface area (Å²) in [6.07, 6.45) is 5.63. The molecule has 1 aliphatic heterocycles. The molecule has 2 saturated carbocycles. The minimum atomic E-state index is -1.13. The molecule has 2 fully saturated rings. The average Bonchev–Trinajstić information content (AvgIpc) is 3.26. The third-order valence-corrected chi connectivity index (χ3v) is 5.11. The fourth-order valence-corrected chi connectivity index (χ4v) is 3.79. The van der Waals surface area contributed by atoms with Gasteiger partial charge in [0, 0.05) is 19.1 Å². The van der Waals surface area contributed by atoms with Crippen LogP contribution in [0.5, 0.6) is 0 Å². The first-order valence-electron chi connectivity index (χ1n) is 8.09. The molecule has 1 aromatic rings. The average molecular weight is 286 g/mol. The third-order valence-electron chi connectivity index (χ3n) is 5.11. The first-order chi connectivity index (χ1) is 10.2. The van der Waals surface area contributed by atoms with E-state index in [0.29, 0.717) is 25.4 Å². The zero-order valence-electron chi connectivity index (χ0n) is 12.3. The maximum absolute atomic E-state index is 12.8. The van der Waals surface area contributed by atoms with Crippen LogP contribution in [0, 0.1) is 0 Å². The zero-order chi connectivity index (χ0) is 14.4. The van der Waals surface area contributed by atoms with Gasteiger partial charge >= 0.3 is 0 Å². The second-order valence-corrected chi connectivity index (χ2v) is 6.61. The summed E-state index contributed by atoms with van der Waals surface area (Å²) >= 11 is 0. The summed E-state index contributed by atoms with van der Waals surface area (Å²) in [7, 11) is 0. The molecule has 0 atom stereocenters. The Balaban J connectivity index is 1.67. The van der Waals surface area contributed by atoms with E-state index in [1.165, 1.54) is 12.8 Å². The Labute approximate surface area is 125 Å². The lowest BCUT2D eigenvalue weighted by molar-refractivity contribution is -0.136. The van der Waals surface area contributed by atoms with E-state index in [0.717, 1.165) is 30.8 Å². The minimum absolute atomic E-state index is 0.0945. The van der Waals surface area contributed by atoms with Crippen molar-refractivity contribution < 1.29 is 9.90 Å². The van der Waals surface area contributed by atoms with Crippen molar-refractivity contribution >= 4 is 17.3 Å². The number of carbonyl (C=O) groups excluding carboxylic acids is 1. The van der Waals surface area contributed by atoms with Crippen molar-refractivity contribution in [2.45, 2.75) is 50.2 Å². The van der Waals surface area contributed by atoms with Crippen molar-refractivity contribution in [2.24, 2.45) is 0 Å². The van der Waals surface area contributed by atoms with Crippen molar-refractivity contribution in [1.29, 1.82) is 0 Å². The van der Waals surface area contributed by atoms with Crippen LogP contribution in [0.25, 0.3) is 0 Å². The number of aliphatic hydroxyl groups is 1. The Morgan fingerprint density at radius 1 is 1.10 bits per heavy atom. The van der Waals surface area contributed by atoms with Crippen LogP contribution in [0.2, 0.25) is 0 Å². The second-order valence-electron chi connectivity index (χ2n) is 6.61. The predicted molar refractivity (Wildman–Crippen MR) is 82.6 cm³/mol. The Hall–Kier alpha value is -1.55. The molecule has 4 rings (SSSR count). The molecule has 21 heavy (non-hydrogen) atoms.